The normalized spacial score (nSPS) is 23.7. The SMILES string of the molecule is O=C(NCc1ccnc(N2CCCCC2)c1)C1CC1(Cl)Cl. The first-order valence-corrected chi connectivity index (χ1v) is 8.17. The molecule has 0 aromatic carbocycles. The summed E-state index contributed by atoms with van der Waals surface area (Å²) in [6, 6.07) is 3.97. The van der Waals surface area contributed by atoms with Gasteiger partial charge < -0.3 is 10.2 Å². The van der Waals surface area contributed by atoms with Crippen LogP contribution in [0.25, 0.3) is 0 Å². The molecular formula is C15H19Cl2N3O. The van der Waals surface area contributed by atoms with Crippen LogP contribution in [0.2, 0.25) is 0 Å². The van der Waals surface area contributed by atoms with Gasteiger partial charge in [-0.3, -0.25) is 4.79 Å². The lowest BCUT2D eigenvalue weighted by Gasteiger charge is -2.27. The summed E-state index contributed by atoms with van der Waals surface area (Å²) in [6.07, 6.45) is 6.08. The highest BCUT2D eigenvalue weighted by atomic mass is 35.5. The van der Waals surface area contributed by atoms with Crippen molar-refractivity contribution < 1.29 is 4.79 Å². The molecule has 6 heteroatoms. The molecule has 1 saturated carbocycles. The third-order valence-corrected chi connectivity index (χ3v) is 4.93. The quantitative estimate of drug-likeness (QED) is 0.865. The Bertz CT molecular complexity index is 529. The Morgan fingerprint density at radius 2 is 2.10 bits per heavy atom. The fourth-order valence-electron chi connectivity index (χ4n) is 2.68. The van der Waals surface area contributed by atoms with Crippen molar-refractivity contribution in [3.8, 4) is 0 Å². The molecule has 2 fully saturated rings. The number of amides is 1. The number of halogens is 2. The molecule has 1 aromatic heterocycles. The molecule has 1 amide bonds. The lowest BCUT2D eigenvalue weighted by molar-refractivity contribution is -0.122. The first-order chi connectivity index (χ1) is 10.1. The largest absolute Gasteiger partial charge is 0.357 e. The number of carbonyl (C=O) groups excluding carboxylic acids is 1. The maximum absolute atomic E-state index is 11.9. The lowest BCUT2D eigenvalue weighted by Crippen LogP contribution is -2.30. The molecule has 1 aromatic rings. The molecule has 1 aliphatic carbocycles. The van der Waals surface area contributed by atoms with E-state index in [1.807, 2.05) is 12.1 Å². The highest BCUT2D eigenvalue weighted by molar-refractivity contribution is 6.52. The molecular weight excluding hydrogens is 309 g/mol. The van der Waals surface area contributed by atoms with Crippen molar-refractivity contribution in [1.82, 2.24) is 10.3 Å². The van der Waals surface area contributed by atoms with Gasteiger partial charge in [0.1, 0.15) is 10.2 Å². The molecule has 1 unspecified atom stereocenters. The van der Waals surface area contributed by atoms with Crippen LogP contribution in [-0.4, -0.2) is 28.3 Å². The fourth-order valence-corrected chi connectivity index (χ4v) is 3.18. The van der Waals surface area contributed by atoms with E-state index in [2.05, 4.69) is 15.2 Å². The summed E-state index contributed by atoms with van der Waals surface area (Å²) in [5, 5.41) is 2.89. The molecule has 0 radical (unpaired) electrons. The Kier molecular flexibility index (Phi) is 4.27. The van der Waals surface area contributed by atoms with E-state index in [9.17, 15) is 4.79 Å². The zero-order chi connectivity index (χ0) is 14.9. The van der Waals surface area contributed by atoms with E-state index in [0.29, 0.717) is 13.0 Å². The number of aromatic nitrogens is 1. The van der Waals surface area contributed by atoms with Crippen LogP contribution in [0.4, 0.5) is 5.82 Å². The number of nitrogens with zero attached hydrogens (tertiary/aromatic N) is 2. The highest BCUT2D eigenvalue weighted by Gasteiger charge is 2.56. The highest BCUT2D eigenvalue weighted by Crippen LogP contribution is 2.53. The Morgan fingerprint density at radius 1 is 1.38 bits per heavy atom. The number of anilines is 1. The van der Waals surface area contributed by atoms with E-state index < -0.39 is 4.33 Å². The lowest BCUT2D eigenvalue weighted by atomic mass is 10.1. The van der Waals surface area contributed by atoms with Gasteiger partial charge in [0.05, 0.1) is 5.92 Å². The van der Waals surface area contributed by atoms with E-state index in [1.165, 1.54) is 19.3 Å². The zero-order valence-corrected chi connectivity index (χ0v) is 13.3. The van der Waals surface area contributed by atoms with Crippen LogP contribution >= 0.6 is 23.2 Å². The minimum absolute atomic E-state index is 0.0728. The van der Waals surface area contributed by atoms with Crippen molar-refractivity contribution in [2.75, 3.05) is 18.0 Å². The molecule has 1 N–H and O–H groups in total. The summed E-state index contributed by atoms with van der Waals surface area (Å²) in [6.45, 7) is 2.61. The first kappa shape index (κ1) is 14.9. The van der Waals surface area contributed by atoms with Gasteiger partial charge in [-0.25, -0.2) is 4.98 Å². The summed E-state index contributed by atoms with van der Waals surface area (Å²) in [4.78, 5) is 18.6. The molecule has 114 valence electrons. The number of hydrogen-bond acceptors (Lipinski definition) is 3. The fraction of sp³-hybridized carbons (Fsp3) is 0.600. The number of rotatable bonds is 4. The van der Waals surface area contributed by atoms with Crippen LogP contribution in [0.5, 0.6) is 0 Å². The van der Waals surface area contributed by atoms with E-state index >= 15 is 0 Å². The smallest absolute Gasteiger partial charge is 0.226 e. The number of piperidine rings is 1. The number of hydrogen-bond donors (Lipinski definition) is 1. The Labute approximate surface area is 134 Å². The summed E-state index contributed by atoms with van der Waals surface area (Å²) in [5.74, 6) is 0.650. The third-order valence-electron chi connectivity index (χ3n) is 4.10. The first-order valence-electron chi connectivity index (χ1n) is 7.42. The maximum atomic E-state index is 11.9. The molecule has 3 rings (SSSR count). The van der Waals surface area contributed by atoms with Crippen LogP contribution in [-0.2, 0) is 11.3 Å². The summed E-state index contributed by atoms with van der Waals surface area (Å²) in [5.41, 5.74) is 1.05. The van der Waals surface area contributed by atoms with Crippen molar-refractivity contribution in [3.63, 3.8) is 0 Å². The third kappa shape index (κ3) is 3.61. The van der Waals surface area contributed by atoms with Gasteiger partial charge in [0.15, 0.2) is 0 Å². The summed E-state index contributed by atoms with van der Waals surface area (Å²) < 4.78 is -0.860. The molecule has 2 aliphatic rings. The maximum Gasteiger partial charge on any atom is 0.226 e. The molecule has 0 bridgehead atoms. The van der Waals surface area contributed by atoms with Crippen molar-refractivity contribution in [3.05, 3.63) is 23.9 Å². The van der Waals surface area contributed by atoms with Gasteiger partial charge in [-0.15, -0.1) is 23.2 Å². The van der Waals surface area contributed by atoms with Gasteiger partial charge in [-0.2, -0.15) is 0 Å². The average Bonchev–Trinajstić information content (AvgIpc) is 3.15. The molecule has 21 heavy (non-hydrogen) atoms. The minimum atomic E-state index is -0.860. The van der Waals surface area contributed by atoms with Crippen LogP contribution in [0.1, 0.15) is 31.2 Å². The summed E-state index contributed by atoms with van der Waals surface area (Å²) >= 11 is 11.8. The molecule has 1 atom stereocenters. The van der Waals surface area contributed by atoms with Crippen LogP contribution in [0.3, 0.4) is 0 Å². The van der Waals surface area contributed by atoms with Crippen LogP contribution in [0, 0.1) is 5.92 Å². The molecule has 1 aliphatic heterocycles. The van der Waals surface area contributed by atoms with Crippen molar-refractivity contribution in [2.24, 2.45) is 5.92 Å². The van der Waals surface area contributed by atoms with Crippen molar-refractivity contribution in [2.45, 2.75) is 36.6 Å². The van der Waals surface area contributed by atoms with E-state index in [0.717, 1.165) is 24.5 Å². The van der Waals surface area contributed by atoms with Gasteiger partial charge in [0.2, 0.25) is 5.91 Å². The van der Waals surface area contributed by atoms with Gasteiger partial charge in [0.25, 0.3) is 0 Å². The standard InChI is InChI=1S/C15H19Cl2N3O/c16-15(17)9-12(15)14(21)19-10-11-4-5-18-13(8-11)20-6-2-1-3-7-20/h4-5,8,12H,1-3,6-7,9-10H2,(H,19,21). The molecule has 1 saturated heterocycles. The zero-order valence-electron chi connectivity index (χ0n) is 11.8. The number of pyridine rings is 1. The van der Waals surface area contributed by atoms with Crippen molar-refractivity contribution in [1.29, 1.82) is 0 Å². The number of nitrogens with one attached hydrogen (secondary N) is 1. The Balaban J connectivity index is 1.57. The second-order valence-electron chi connectivity index (χ2n) is 5.81. The second kappa shape index (κ2) is 6.01. The average molecular weight is 328 g/mol. The van der Waals surface area contributed by atoms with E-state index in [1.54, 1.807) is 6.20 Å². The summed E-state index contributed by atoms with van der Waals surface area (Å²) in [7, 11) is 0. The van der Waals surface area contributed by atoms with E-state index in [4.69, 9.17) is 23.2 Å². The predicted molar refractivity (Wildman–Crippen MR) is 84.7 cm³/mol. The van der Waals surface area contributed by atoms with Crippen LogP contribution in [0.15, 0.2) is 18.3 Å². The number of alkyl halides is 2. The topological polar surface area (TPSA) is 45.2 Å². The van der Waals surface area contributed by atoms with E-state index in [-0.39, 0.29) is 11.8 Å². The van der Waals surface area contributed by atoms with Gasteiger partial charge in [0, 0.05) is 25.8 Å². The predicted octanol–water partition coefficient (Wildman–Crippen LogP) is 2.88. The second-order valence-corrected chi connectivity index (χ2v) is 7.35. The van der Waals surface area contributed by atoms with Gasteiger partial charge in [-0.05, 0) is 43.4 Å². The van der Waals surface area contributed by atoms with Crippen molar-refractivity contribution >= 4 is 34.9 Å². The minimum Gasteiger partial charge on any atom is -0.357 e. The Hall–Kier alpha value is -1.00. The Morgan fingerprint density at radius 3 is 2.76 bits per heavy atom. The van der Waals surface area contributed by atoms with Gasteiger partial charge in [-0.1, -0.05) is 0 Å². The van der Waals surface area contributed by atoms with Gasteiger partial charge >= 0.3 is 0 Å². The van der Waals surface area contributed by atoms with Crippen LogP contribution < -0.4 is 10.2 Å². The molecule has 0 spiro atoms. The molecule has 4 nitrogen and oxygen atoms in total. The monoisotopic (exact) mass is 327 g/mol. The number of carbonyl (C=O) groups is 1. The molecule has 2 heterocycles.